The van der Waals surface area contributed by atoms with Crippen molar-refractivity contribution in [2.24, 2.45) is 0 Å². The molecule has 1 saturated carbocycles. The van der Waals surface area contributed by atoms with E-state index in [9.17, 15) is 4.21 Å². The third kappa shape index (κ3) is 3.23. The normalized spacial score (nSPS) is 34.1. The van der Waals surface area contributed by atoms with Crippen LogP contribution in [0.15, 0.2) is 0 Å². The van der Waals surface area contributed by atoms with Gasteiger partial charge in [-0.3, -0.25) is 4.21 Å². The SMILES string of the molecule is CSC1(CNC2CCS(=O)CC2)CCCC1. The quantitative estimate of drug-likeness (QED) is 0.841. The minimum absolute atomic E-state index is 0.511. The maximum absolute atomic E-state index is 11.3. The molecule has 0 aromatic heterocycles. The smallest absolute Gasteiger partial charge is 0.0281 e. The molecule has 1 aliphatic heterocycles. The van der Waals surface area contributed by atoms with E-state index in [0.717, 1.165) is 30.9 Å². The Morgan fingerprint density at radius 1 is 1.31 bits per heavy atom. The van der Waals surface area contributed by atoms with E-state index < -0.39 is 10.8 Å². The highest BCUT2D eigenvalue weighted by Crippen LogP contribution is 2.39. The van der Waals surface area contributed by atoms with Crippen LogP contribution in [0, 0.1) is 0 Å². The van der Waals surface area contributed by atoms with Crippen LogP contribution in [0.4, 0.5) is 0 Å². The summed E-state index contributed by atoms with van der Waals surface area (Å²) in [4.78, 5) is 0. The Balaban J connectivity index is 1.75. The van der Waals surface area contributed by atoms with Crippen molar-refractivity contribution in [2.75, 3.05) is 24.3 Å². The summed E-state index contributed by atoms with van der Waals surface area (Å²) >= 11 is 2.05. The first kappa shape index (κ1) is 12.9. The molecule has 2 rings (SSSR count). The Kier molecular flexibility index (Phi) is 4.74. The summed E-state index contributed by atoms with van der Waals surface area (Å²) in [5.41, 5.74) is 0. The summed E-state index contributed by atoms with van der Waals surface area (Å²) in [6.45, 7) is 1.16. The second kappa shape index (κ2) is 5.87. The summed E-state index contributed by atoms with van der Waals surface area (Å²) in [7, 11) is -0.524. The zero-order valence-electron chi connectivity index (χ0n) is 10.2. The lowest BCUT2D eigenvalue weighted by Crippen LogP contribution is -2.43. The van der Waals surface area contributed by atoms with Crippen LogP contribution in [0.25, 0.3) is 0 Å². The minimum Gasteiger partial charge on any atom is -0.313 e. The van der Waals surface area contributed by atoms with Gasteiger partial charge in [0.25, 0.3) is 0 Å². The van der Waals surface area contributed by atoms with E-state index in [1.807, 2.05) is 11.8 Å². The number of thioether (sulfide) groups is 1. The summed E-state index contributed by atoms with van der Waals surface area (Å²) in [5.74, 6) is 1.81. The monoisotopic (exact) mass is 261 g/mol. The molecule has 0 radical (unpaired) electrons. The fraction of sp³-hybridized carbons (Fsp3) is 1.00. The van der Waals surface area contributed by atoms with E-state index in [4.69, 9.17) is 0 Å². The molecule has 0 aromatic rings. The van der Waals surface area contributed by atoms with Gasteiger partial charge in [0, 0.05) is 39.6 Å². The molecule has 1 heterocycles. The standard InChI is InChI=1S/C12H23NOS2/c1-15-12(6-2-3-7-12)10-13-11-4-8-16(14)9-5-11/h11,13H,2-10H2,1H3. The van der Waals surface area contributed by atoms with Crippen molar-refractivity contribution < 1.29 is 4.21 Å². The maximum Gasteiger partial charge on any atom is 0.0281 e. The molecule has 0 amide bonds. The Morgan fingerprint density at radius 2 is 1.94 bits per heavy atom. The lowest BCUT2D eigenvalue weighted by Gasteiger charge is -2.31. The molecular weight excluding hydrogens is 238 g/mol. The van der Waals surface area contributed by atoms with Gasteiger partial charge in [-0.05, 0) is 31.9 Å². The fourth-order valence-corrected chi connectivity index (χ4v) is 5.02. The molecule has 16 heavy (non-hydrogen) atoms. The maximum atomic E-state index is 11.3. The number of nitrogens with one attached hydrogen (secondary N) is 1. The highest BCUT2D eigenvalue weighted by atomic mass is 32.2. The van der Waals surface area contributed by atoms with Crippen molar-refractivity contribution >= 4 is 22.6 Å². The van der Waals surface area contributed by atoms with E-state index in [1.54, 1.807) is 0 Å². The second-order valence-corrected chi connectivity index (χ2v) is 8.07. The van der Waals surface area contributed by atoms with E-state index in [-0.39, 0.29) is 0 Å². The molecule has 1 saturated heterocycles. The predicted octanol–water partition coefficient (Wildman–Crippen LogP) is 2.16. The molecule has 0 bridgehead atoms. The molecule has 2 nitrogen and oxygen atoms in total. The third-order valence-electron chi connectivity index (χ3n) is 4.05. The highest BCUT2D eigenvalue weighted by Gasteiger charge is 2.33. The predicted molar refractivity (Wildman–Crippen MR) is 73.6 cm³/mol. The van der Waals surface area contributed by atoms with E-state index in [0.29, 0.717) is 10.8 Å². The Labute approximate surface area is 106 Å². The van der Waals surface area contributed by atoms with Crippen molar-refractivity contribution in [1.82, 2.24) is 5.32 Å². The molecule has 0 aromatic carbocycles. The zero-order valence-corrected chi connectivity index (χ0v) is 11.8. The molecule has 0 spiro atoms. The number of hydrogen-bond donors (Lipinski definition) is 1. The van der Waals surface area contributed by atoms with Crippen LogP contribution in [0.3, 0.4) is 0 Å². The van der Waals surface area contributed by atoms with Crippen molar-refractivity contribution in [3.05, 3.63) is 0 Å². The van der Waals surface area contributed by atoms with E-state index >= 15 is 0 Å². The first-order valence-corrected chi connectivity index (χ1v) is 9.09. The molecule has 1 aliphatic carbocycles. The summed E-state index contributed by atoms with van der Waals surface area (Å²) < 4.78 is 11.8. The van der Waals surface area contributed by atoms with Gasteiger partial charge in [-0.15, -0.1) is 0 Å². The molecule has 94 valence electrons. The Morgan fingerprint density at radius 3 is 2.50 bits per heavy atom. The average molecular weight is 261 g/mol. The van der Waals surface area contributed by atoms with Crippen LogP contribution in [0.1, 0.15) is 38.5 Å². The van der Waals surface area contributed by atoms with Gasteiger partial charge in [-0.1, -0.05) is 12.8 Å². The van der Waals surface area contributed by atoms with Gasteiger partial charge in [0.2, 0.25) is 0 Å². The van der Waals surface area contributed by atoms with Crippen LogP contribution in [0.5, 0.6) is 0 Å². The minimum atomic E-state index is -0.524. The molecule has 2 aliphatic rings. The van der Waals surface area contributed by atoms with Gasteiger partial charge in [-0.25, -0.2) is 0 Å². The summed E-state index contributed by atoms with van der Waals surface area (Å²) in [6, 6.07) is 0.627. The first-order valence-electron chi connectivity index (χ1n) is 6.38. The molecule has 4 heteroatoms. The molecule has 2 fully saturated rings. The second-order valence-electron chi connectivity index (χ2n) is 5.10. The van der Waals surface area contributed by atoms with E-state index in [1.165, 1.54) is 25.7 Å². The lowest BCUT2D eigenvalue weighted by atomic mass is 10.1. The molecular formula is C12H23NOS2. The van der Waals surface area contributed by atoms with Crippen LogP contribution >= 0.6 is 11.8 Å². The molecule has 0 atom stereocenters. The van der Waals surface area contributed by atoms with Gasteiger partial charge < -0.3 is 5.32 Å². The topological polar surface area (TPSA) is 29.1 Å². The summed E-state index contributed by atoms with van der Waals surface area (Å²) in [6.07, 6.45) is 10.0. The third-order valence-corrected chi connectivity index (χ3v) is 6.85. The van der Waals surface area contributed by atoms with Crippen LogP contribution < -0.4 is 5.32 Å². The Bertz CT molecular complexity index is 241. The van der Waals surface area contributed by atoms with Crippen LogP contribution in [-0.4, -0.2) is 39.3 Å². The zero-order chi connectivity index (χ0) is 11.4. The largest absolute Gasteiger partial charge is 0.313 e. The van der Waals surface area contributed by atoms with Gasteiger partial charge in [-0.2, -0.15) is 11.8 Å². The van der Waals surface area contributed by atoms with Crippen molar-refractivity contribution in [1.29, 1.82) is 0 Å². The van der Waals surface area contributed by atoms with Crippen LogP contribution in [0.2, 0.25) is 0 Å². The lowest BCUT2D eigenvalue weighted by molar-refractivity contribution is 0.434. The Hall–Kier alpha value is 0.460. The molecule has 1 N–H and O–H groups in total. The van der Waals surface area contributed by atoms with Crippen molar-refractivity contribution in [3.8, 4) is 0 Å². The fourth-order valence-electron chi connectivity index (χ4n) is 2.80. The average Bonchev–Trinajstić information content (AvgIpc) is 2.78. The number of hydrogen-bond acceptors (Lipinski definition) is 3. The van der Waals surface area contributed by atoms with Gasteiger partial charge in [0.05, 0.1) is 0 Å². The van der Waals surface area contributed by atoms with Crippen LogP contribution in [-0.2, 0) is 10.8 Å². The molecule has 0 unspecified atom stereocenters. The first-order chi connectivity index (χ1) is 7.74. The van der Waals surface area contributed by atoms with Gasteiger partial charge in [0.15, 0.2) is 0 Å². The van der Waals surface area contributed by atoms with Gasteiger partial charge in [0.1, 0.15) is 0 Å². The highest BCUT2D eigenvalue weighted by molar-refractivity contribution is 8.00. The van der Waals surface area contributed by atoms with E-state index in [2.05, 4.69) is 11.6 Å². The number of rotatable bonds is 4. The summed E-state index contributed by atoms with van der Waals surface area (Å²) in [5, 5.41) is 3.72. The van der Waals surface area contributed by atoms with Gasteiger partial charge >= 0.3 is 0 Å². The van der Waals surface area contributed by atoms with Crippen molar-refractivity contribution in [3.63, 3.8) is 0 Å². The van der Waals surface area contributed by atoms with Crippen molar-refractivity contribution in [2.45, 2.75) is 49.3 Å².